The molecule has 0 aliphatic heterocycles. The number of ether oxygens (including phenoxy) is 1. The second-order valence-electron chi connectivity index (χ2n) is 5.35. The number of rotatable bonds is 7. The molecule has 136 valence electrons. The highest BCUT2D eigenvalue weighted by Crippen LogP contribution is 2.29. The van der Waals surface area contributed by atoms with Crippen LogP contribution in [0.15, 0.2) is 52.9 Å². The number of aromatic nitrogens is 2. The predicted molar refractivity (Wildman–Crippen MR) is 106 cm³/mol. The van der Waals surface area contributed by atoms with E-state index in [2.05, 4.69) is 21.6 Å². The molecule has 6 nitrogen and oxygen atoms in total. The van der Waals surface area contributed by atoms with Crippen molar-refractivity contribution in [3.8, 4) is 11.8 Å². The van der Waals surface area contributed by atoms with Gasteiger partial charge in [-0.1, -0.05) is 47.4 Å². The number of carbonyl (C=O) groups excluding carboxylic acids is 1. The zero-order chi connectivity index (χ0) is 19.1. The van der Waals surface area contributed by atoms with Gasteiger partial charge in [-0.3, -0.25) is 10.1 Å². The van der Waals surface area contributed by atoms with Crippen molar-refractivity contribution in [1.29, 1.82) is 5.26 Å². The van der Waals surface area contributed by atoms with E-state index in [0.29, 0.717) is 34.4 Å². The molecule has 3 aromatic rings. The summed E-state index contributed by atoms with van der Waals surface area (Å²) in [5.41, 5.74) is 2.18. The first-order chi connectivity index (χ1) is 13.2. The van der Waals surface area contributed by atoms with Crippen LogP contribution in [-0.2, 0) is 5.75 Å². The lowest BCUT2D eigenvalue weighted by molar-refractivity contribution is 0.102. The molecule has 0 saturated heterocycles. The van der Waals surface area contributed by atoms with Gasteiger partial charge in [0.2, 0.25) is 5.13 Å². The second kappa shape index (κ2) is 9.16. The van der Waals surface area contributed by atoms with Gasteiger partial charge in [-0.05, 0) is 36.8 Å². The van der Waals surface area contributed by atoms with Crippen molar-refractivity contribution in [2.24, 2.45) is 0 Å². The Labute approximate surface area is 165 Å². The molecule has 8 heteroatoms. The molecule has 0 aliphatic rings. The fourth-order valence-electron chi connectivity index (χ4n) is 2.24. The third-order valence-electron chi connectivity index (χ3n) is 3.50. The maximum absolute atomic E-state index is 12.5. The normalized spacial score (nSPS) is 10.2. The summed E-state index contributed by atoms with van der Waals surface area (Å²) in [5.74, 6) is 0.970. The van der Waals surface area contributed by atoms with Crippen LogP contribution in [0.4, 0.5) is 5.13 Å². The number of benzene rings is 2. The molecule has 0 unspecified atom stereocenters. The number of nitriles is 1. The smallest absolute Gasteiger partial charge is 0.261 e. The molecule has 3 rings (SSSR count). The Kier molecular flexibility index (Phi) is 6.41. The molecule has 2 aromatic carbocycles. The molecule has 0 saturated carbocycles. The molecule has 1 N–H and O–H groups in total. The van der Waals surface area contributed by atoms with Gasteiger partial charge >= 0.3 is 0 Å². The summed E-state index contributed by atoms with van der Waals surface area (Å²) < 4.78 is 6.24. The van der Waals surface area contributed by atoms with E-state index in [9.17, 15) is 4.79 Å². The van der Waals surface area contributed by atoms with Crippen molar-refractivity contribution in [3.63, 3.8) is 0 Å². The number of para-hydroxylation sites is 1. The second-order valence-corrected chi connectivity index (χ2v) is 7.55. The zero-order valence-electron chi connectivity index (χ0n) is 14.5. The zero-order valence-corrected chi connectivity index (χ0v) is 16.1. The van der Waals surface area contributed by atoms with Crippen LogP contribution in [0.2, 0.25) is 0 Å². The van der Waals surface area contributed by atoms with Crippen molar-refractivity contribution in [2.75, 3.05) is 11.9 Å². The van der Waals surface area contributed by atoms with Crippen LogP contribution in [0.3, 0.4) is 0 Å². The predicted octanol–water partition coefficient (Wildman–Crippen LogP) is 4.35. The Bertz CT molecular complexity index is 964. The van der Waals surface area contributed by atoms with Gasteiger partial charge in [-0.25, -0.2) is 0 Å². The SMILES string of the molecule is CCOc1ccccc1C(=O)Nc1nnc(SCc2ccc(C#N)cc2)s1. The molecule has 1 amide bonds. The lowest BCUT2D eigenvalue weighted by Gasteiger charge is -2.08. The van der Waals surface area contributed by atoms with Crippen molar-refractivity contribution in [1.82, 2.24) is 10.2 Å². The topological polar surface area (TPSA) is 87.9 Å². The van der Waals surface area contributed by atoms with Crippen LogP contribution >= 0.6 is 23.1 Å². The third-order valence-corrected chi connectivity index (χ3v) is 5.55. The Morgan fingerprint density at radius 2 is 2.00 bits per heavy atom. The van der Waals surface area contributed by atoms with Gasteiger partial charge in [0, 0.05) is 5.75 Å². The molecular weight excluding hydrogens is 380 g/mol. The van der Waals surface area contributed by atoms with Crippen molar-refractivity contribution in [3.05, 3.63) is 65.2 Å². The maximum atomic E-state index is 12.5. The van der Waals surface area contributed by atoms with E-state index in [1.165, 1.54) is 23.1 Å². The van der Waals surface area contributed by atoms with E-state index in [1.54, 1.807) is 30.3 Å². The standard InChI is InChI=1S/C19H16N4O2S2/c1-2-25-16-6-4-3-5-15(16)17(24)21-18-22-23-19(27-18)26-12-14-9-7-13(11-20)8-10-14/h3-10H,2,12H2,1H3,(H,21,22,24). The monoisotopic (exact) mass is 396 g/mol. The first-order valence-corrected chi connectivity index (χ1v) is 9.98. The largest absolute Gasteiger partial charge is 0.493 e. The molecule has 1 heterocycles. The highest BCUT2D eigenvalue weighted by atomic mass is 32.2. The van der Waals surface area contributed by atoms with Crippen LogP contribution in [0, 0.1) is 11.3 Å². The molecular formula is C19H16N4O2S2. The fraction of sp³-hybridized carbons (Fsp3) is 0.158. The Hall–Kier alpha value is -2.89. The van der Waals surface area contributed by atoms with Gasteiger partial charge < -0.3 is 4.74 Å². The van der Waals surface area contributed by atoms with E-state index in [4.69, 9.17) is 10.00 Å². The van der Waals surface area contributed by atoms with E-state index in [0.717, 1.165) is 9.90 Å². The van der Waals surface area contributed by atoms with Crippen LogP contribution in [0.25, 0.3) is 0 Å². The van der Waals surface area contributed by atoms with E-state index < -0.39 is 0 Å². The van der Waals surface area contributed by atoms with Crippen molar-refractivity contribution >= 4 is 34.1 Å². The Morgan fingerprint density at radius 1 is 1.22 bits per heavy atom. The molecule has 27 heavy (non-hydrogen) atoms. The summed E-state index contributed by atoms with van der Waals surface area (Å²) in [6.45, 7) is 2.36. The summed E-state index contributed by atoms with van der Waals surface area (Å²) in [5, 5.41) is 20.2. The molecule has 0 radical (unpaired) electrons. The summed E-state index contributed by atoms with van der Waals surface area (Å²) in [7, 11) is 0. The number of carbonyl (C=O) groups is 1. The minimum absolute atomic E-state index is 0.279. The van der Waals surface area contributed by atoms with E-state index in [-0.39, 0.29) is 5.91 Å². The van der Waals surface area contributed by atoms with E-state index in [1.807, 2.05) is 25.1 Å². The van der Waals surface area contributed by atoms with Crippen LogP contribution in [0.1, 0.15) is 28.4 Å². The van der Waals surface area contributed by atoms with E-state index >= 15 is 0 Å². The molecule has 0 atom stereocenters. The third kappa shape index (κ3) is 5.06. The molecule has 0 bridgehead atoms. The average molecular weight is 396 g/mol. The van der Waals surface area contributed by atoms with Crippen molar-refractivity contribution in [2.45, 2.75) is 17.0 Å². The maximum Gasteiger partial charge on any atom is 0.261 e. The van der Waals surface area contributed by atoms with Gasteiger partial charge in [-0.2, -0.15) is 5.26 Å². The number of nitrogens with one attached hydrogen (secondary N) is 1. The van der Waals surface area contributed by atoms with Gasteiger partial charge in [-0.15, -0.1) is 10.2 Å². The minimum atomic E-state index is -0.279. The minimum Gasteiger partial charge on any atom is -0.493 e. The van der Waals surface area contributed by atoms with Crippen LogP contribution in [-0.4, -0.2) is 22.7 Å². The number of hydrogen-bond acceptors (Lipinski definition) is 7. The molecule has 0 aliphatic carbocycles. The fourth-order valence-corrected chi connectivity index (χ4v) is 3.94. The lowest BCUT2D eigenvalue weighted by atomic mass is 10.2. The lowest BCUT2D eigenvalue weighted by Crippen LogP contribution is -2.13. The summed E-state index contributed by atoms with van der Waals surface area (Å²) >= 11 is 2.85. The molecule has 0 spiro atoms. The average Bonchev–Trinajstić information content (AvgIpc) is 3.14. The molecule has 1 aromatic heterocycles. The number of anilines is 1. The van der Waals surface area contributed by atoms with Gasteiger partial charge in [0.05, 0.1) is 23.8 Å². The van der Waals surface area contributed by atoms with Gasteiger partial charge in [0.1, 0.15) is 5.75 Å². The number of hydrogen-bond donors (Lipinski definition) is 1. The summed E-state index contributed by atoms with van der Waals surface area (Å²) in [4.78, 5) is 12.5. The quantitative estimate of drug-likeness (QED) is 0.472. The molecule has 0 fully saturated rings. The number of amides is 1. The van der Waals surface area contributed by atoms with Crippen molar-refractivity contribution < 1.29 is 9.53 Å². The first kappa shape index (κ1) is 18.9. The Balaban J connectivity index is 1.60. The highest BCUT2D eigenvalue weighted by Gasteiger charge is 2.14. The van der Waals surface area contributed by atoms with Crippen LogP contribution in [0.5, 0.6) is 5.75 Å². The first-order valence-electron chi connectivity index (χ1n) is 8.18. The number of nitrogens with zero attached hydrogens (tertiary/aromatic N) is 3. The number of thioether (sulfide) groups is 1. The van der Waals surface area contributed by atoms with Crippen LogP contribution < -0.4 is 10.1 Å². The Morgan fingerprint density at radius 3 is 2.74 bits per heavy atom. The summed E-state index contributed by atoms with van der Waals surface area (Å²) in [6, 6.07) is 16.6. The van der Waals surface area contributed by atoms with Gasteiger partial charge in [0.15, 0.2) is 4.34 Å². The summed E-state index contributed by atoms with van der Waals surface area (Å²) in [6.07, 6.45) is 0. The van der Waals surface area contributed by atoms with Gasteiger partial charge in [0.25, 0.3) is 5.91 Å². The highest BCUT2D eigenvalue weighted by molar-refractivity contribution is 8.00.